The molecule has 0 amide bonds. The molecule has 1 nitrogen and oxygen atoms in total. The van der Waals surface area contributed by atoms with Gasteiger partial charge >= 0.3 is 0 Å². The highest BCUT2D eigenvalue weighted by Gasteiger charge is 2.17. The zero-order valence-corrected chi connectivity index (χ0v) is 11.7. The molecule has 1 aromatic carbocycles. The molecule has 0 aliphatic rings. The Morgan fingerprint density at radius 3 is 2.00 bits per heavy atom. The van der Waals surface area contributed by atoms with Gasteiger partial charge in [-0.3, -0.25) is 0 Å². The monoisotopic (exact) mass is 264 g/mol. The third-order valence-electron chi connectivity index (χ3n) is 2.54. The summed E-state index contributed by atoms with van der Waals surface area (Å²) in [5.41, 5.74) is 5.66. The summed E-state index contributed by atoms with van der Waals surface area (Å²) >= 11 is 3.64. The fraction of sp³-hybridized carbons (Fsp3) is 0.455. The molecule has 0 N–H and O–H groups in total. The fourth-order valence-electron chi connectivity index (χ4n) is 1.74. The molecule has 0 saturated carbocycles. The van der Waals surface area contributed by atoms with Crippen molar-refractivity contribution < 1.29 is 0 Å². The van der Waals surface area contributed by atoms with E-state index < -0.39 is 0 Å². The van der Waals surface area contributed by atoms with Crippen molar-refractivity contribution in [1.29, 1.82) is 0 Å². The Morgan fingerprint density at radius 2 is 1.60 bits per heavy atom. The topological polar surface area (TPSA) is 3.24 Å². The van der Waals surface area contributed by atoms with Gasteiger partial charge in [-0.05, 0) is 34.9 Å². The predicted octanol–water partition coefficient (Wildman–Crippen LogP) is 1.88. The minimum Gasteiger partial charge on any atom is -0.344 e. The first-order valence-electron chi connectivity index (χ1n) is 5.15. The molecule has 1 radical (unpaired) electrons. The maximum Gasteiger partial charge on any atom is 0.263 e. The molecule has 0 unspecified atom stereocenters. The number of aryl methyl sites for hydroxylation is 3. The minimum absolute atomic E-state index is 0.289. The van der Waals surface area contributed by atoms with Gasteiger partial charge in [0, 0.05) is 0 Å². The zero-order valence-electron chi connectivity index (χ0n) is 10.1. The van der Waals surface area contributed by atoms with E-state index in [1.165, 1.54) is 22.2 Å². The second kappa shape index (κ2) is 5.22. The molecule has 0 aromatic heterocycles. The van der Waals surface area contributed by atoms with Gasteiger partial charge in [0.1, 0.15) is 0 Å². The van der Waals surface area contributed by atoms with Gasteiger partial charge in [0.15, 0.2) is 7.17 Å². The average Bonchev–Trinajstić information content (AvgIpc) is 2.10. The summed E-state index contributed by atoms with van der Waals surface area (Å²) < 4.78 is 0. The zero-order chi connectivity index (χ0) is 11.6. The quantitative estimate of drug-likeness (QED) is 0.754. The van der Waals surface area contributed by atoms with Crippen molar-refractivity contribution in [2.75, 3.05) is 14.1 Å². The second-order valence-electron chi connectivity index (χ2n) is 4.32. The smallest absolute Gasteiger partial charge is 0.263 e. The van der Waals surface area contributed by atoms with E-state index in [0.717, 1.165) is 0 Å². The van der Waals surface area contributed by atoms with Crippen LogP contribution in [0.1, 0.15) is 16.7 Å². The summed E-state index contributed by atoms with van der Waals surface area (Å²) in [5.74, 6) is 0. The molecule has 0 atom stereocenters. The average molecular weight is 265 g/mol. The largest absolute Gasteiger partial charge is 0.344 e. The van der Waals surface area contributed by atoms with Gasteiger partial charge in [-0.2, -0.15) is 0 Å². The van der Waals surface area contributed by atoms with E-state index in [0.29, 0.717) is 0 Å². The summed E-state index contributed by atoms with van der Waals surface area (Å²) in [7, 11) is 6.38. The molecule has 1 aromatic rings. The summed E-state index contributed by atoms with van der Waals surface area (Å²) in [6, 6.07) is 4.46. The SMILES string of the molecule is Cc1cc(C)c([B]B(Br)N(C)C)c(C)c1. The van der Waals surface area contributed by atoms with Crippen LogP contribution >= 0.6 is 15.8 Å². The van der Waals surface area contributed by atoms with Gasteiger partial charge in [0.05, 0.1) is 0 Å². The molecule has 15 heavy (non-hydrogen) atoms. The molecule has 0 fully saturated rings. The van der Waals surface area contributed by atoms with Gasteiger partial charge in [-0.25, -0.2) is 0 Å². The van der Waals surface area contributed by atoms with E-state index in [2.05, 4.69) is 74.7 Å². The maximum atomic E-state index is 3.64. The number of hydrogen-bond acceptors (Lipinski definition) is 1. The van der Waals surface area contributed by atoms with Crippen molar-refractivity contribution in [3.8, 4) is 0 Å². The molecule has 4 heteroatoms. The van der Waals surface area contributed by atoms with Crippen molar-refractivity contribution in [2.45, 2.75) is 20.8 Å². The van der Waals surface area contributed by atoms with Crippen LogP contribution in [0, 0.1) is 20.8 Å². The van der Waals surface area contributed by atoms with Crippen LogP contribution in [0.5, 0.6) is 0 Å². The van der Waals surface area contributed by atoms with Crippen LogP contribution in [0.3, 0.4) is 0 Å². The van der Waals surface area contributed by atoms with E-state index in [9.17, 15) is 0 Å². The van der Waals surface area contributed by atoms with Crippen LogP contribution < -0.4 is 5.46 Å². The van der Waals surface area contributed by atoms with Crippen LogP contribution in [0.2, 0.25) is 0 Å². The molecule has 0 bridgehead atoms. The Morgan fingerprint density at radius 1 is 1.13 bits per heavy atom. The summed E-state index contributed by atoms with van der Waals surface area (Å²) in [5, 5.41) is 0. The molecule has 0 aliphatic heterocycles. The Labute approximate surface area is 103 Å². The van der Waals surface area contributed by atoms with Gasteiger partial charge in [-0.15, -0.1) is 15.8 Å². The van der Waals surface area contributed by atoms with E-state index in [-0.39, 0.29) is 5.56 Å². The van der Waals surface area contributed by atoms with Crippen LogP contribution in [0.15, 0.2) is 12.1 Å². The van der Waals surface area contributed by atoms with Crippen LogP contribution in [-0.2, 0) is 0 Å². The van der Waals surface area contributed by atoms with Crippen LogP contribution in [-0.4, -0.2) is 31.6 Å². The normalized spacial score (nSPS) is 10.6. The van der Waals surface area contributed by atoms with Crippen molar-refractivity contribution in [3.05, 3.63) is 28.8 Å². The lowest BCUT2D eigenvalue weighted by molar-refractivity contribution is 0.669. The first-order chi connectivity index (χ1) is 6.91. The molecule has 0 heterocycles. The predicted molar refractivity (Wildman–Crippen MR) is 74.4 cm³/mol. The van der Waals surface area contributed by atoms with Crippen molar-refractivity contribution in [2.24, 2.45) is 0 Å². The lowest BCUT2D eigenvalue weighted by Gasteiger charge is -2.17. The summed E-state index contributed by atoms with van der Waals surface area (Å²) in [6.07, 6.45) is 0. The number of halogens is 1. The lowest BCUT2D eigenvalue weighted by atomic mass is 9.40. The van der Waals surface area contributed by atoms with E-state index >= 15 is 0 Å². The Bertz CT molecular complexity index is 329. The third kappa shape index (κ3) is 3.39. The highest BCUT2D eigenvalue weighted by molar-refractivity contribution is 9.25. The van der Waals surface area contributed by atoms with Crippen LogP contribution in [0.25, 0.3) is 0 Å². The van der Waals surface area contributed by atoms with E-state index in [1.807, 2.05) is 0 Å². The Balaban J connectivity index is 2.95. The first kappa shape index (κ1) is 12.9. The first-order valence-corrected chi connectivity index (χ1v) is 6.06. The molecule has 0 saturated heterocycles. The van der Waals surface area contributed by atoms with Crippen molar-refractivity contribution >= 4 is 34.0 Å². The second-order valence-corrected chi connectivity index (χ2v) is 5.25. The highest BCUT2D eigenvalue weighted by Crippen LogP contribution is 2.07. The summed E-state index contributed by atoms with van der Waals surface area (Å²) in [6.45, 7) is 6.48. The highest BCUT2D eigenvalue weighted by atomic mass is 79.9. The van der Waals surface area contributed by atoms with Gasteiger partial charge < -0.3 is 4.81 Å². The molecule has 0 spiro atoms. The molecule has 79 valence electrons. The van der Waals surface area contributed by atoms with E-state index in [1.54, 1.807) is 0 Å². The number of benzene rings is 1. The Hall–Kier alpha value is -0.210. The maximum absolute atomic E-state index is 3.64. The van der Waals surface area contributed by atoms with Gasteiger partial charge in [0.2, 0.25) is 0 Å². The molecule has 1 rings (SSSR count). The van der Waals surface area contributed by atoms with Gasteiger partial charge in [-0.1, -0.05) is 34.3 Å². The third-order valence-corrected chi connectivity index (χ3v) is 3.62. The standard InChI is InChI=1S/C11H17B2BrN/c1-8-6-9(2)11(10(3)7-8)12-13(14)15(4)5/h6-7H,1-5H3. The fourth-order valence-corrected chi connectivity index (χ4v) is 2.01. The lowest BCUT2D eigenvalue weighted by Crippen LogP contribution is -2.41. The molecular weight excluding hydrogens is 248 g/mol. The molecular formula is C11H17B2BrN. The minimum atomic E-state index is 0.289. The number of rotatable bonds is 3. The van der Waals surface area contributed by atoms with Crippen LogP contribution in [0.4, 0.5) is 0 Å². The van der Waals surface area contributed by atoms with Gasteiger partial charge in [0.25, 0.3) is 5.56 Å². The number of hydrogen-bond donors (Lipinski definition) is 0. The van der Waals surface area contributed by atoms with E-state index in [4.69, 9.17) is 0 Å². The molecule has 0 aliphatic carbocycles. The Kier molecular flexibility index (Phi) is 4.47. The summed E-state index contributed by atoms with van der Waals surface area (Å²) in [4.78, 5) is 2.14. The van der Waals surface area contributed by atoms with Crippen molar-refractivity contribution in [1.82, 2.24) is 4.81 Å². The van der Waals surface area contributed by atoms with Crippen molar-refractivity contribution in [3.63, 3.8) is 0 Å². The number of nitrogens with zero attached hydrogens (tertiary/aromatic N) is 1.